The zero-order valence-electron chi connectivity index (χ0n) is 16.4. The molecule has 6 nitrogen and oxygen atoms in total. The monoisotopic (exact) mass is 419 g/mol. The summed E-state index contributed by atoms with van der Waals surface area (Å²) in [5.74, 6) is 1.72. The summed E-state index contributed by atoms with van der Waals surface area (Å²) in [6.07, 6.45) is 4.09. The Hall–Kier alpha value is -3.11. The van der Waals surface area contributed by atoms with Crippen LogP contribution in [0.1, 0.15) is 54.5 Å². The van der Waals surface area contributed by atoms with E-state index < -0.39 is 9.84 Å². The second-order valence-corrected chi connectivity index (χ2v) is 9.90. The summed E-state index contributed by atoms with van der Waals surface area (Å²) < 4.78 is 33.9. The third kappa shape index (κ3) is 3.71. The molecule has 7 heteroatoms. The SMILES string of the molecule is N#Cc1ccc(Oc2c(C3CC3)nn(CS(=O)(=O)c3ccccc3)c2C2CC2)cc1. The smallest absolute Gasteiger partial charge is 0.198 e. The molecule has 0 amide bonds. The number of nitrogens with zero attached hydrogens (tertiary/aromatic N) is 3. The van der Waals surface area contributed by atoms with Gasteiger partial charge in [-0.05, 0) is 62.1 Å². The van der Waals surface area contributed by atoms with Crippen molar-refractivity contribution in [2.24, 2.45) is 0 Å². The Morgan fingerprint density at radius 1 is 1.00 bits per heavy atom. The molecule has 2 fully saturated rings. The van der Waals surface area contributed by atoms with E-state index in [-0.39, 0.29) is 11.8 Å². The van der Waals surface area contributed by atoms with E-state index in [1.54, 1.807) is 59.3 Å². The second kappa shape index (κ2) is 7.29. The lowest BCUT2D eigenvalue weighted by Crippen LogP contribution is -2.15. The molecule has 0 atom stereocenters. The van der Waals surface area contributed by atoms with E-state index in [1.165, 1.54) is 0 Å². The number of ether oxygens (including phenoxy) is 1. The maximum absolute atomic E-state index is 13.0. The quantitative estimate of drug-likeness (QED) is 0.552. The van der Waals surface area contributed by atoms with Crippen molar-refractivity contribution in [3.05, 3.63) is 71.5 Å². The second-order valence-electron chi connectivity index (χ2n) is 7.94. The molecule has 1 aromatic heterocycles. The minimum Gasteiger partial charge on any atom is -0.453 e. The molecule has 2 saturated carbocycles. The highest BCUT2D eigenvalue weighted by Crippen LogP contribution is 2.52. The molecule has 5 rings (SSSR count). The van der Waals surface area contributed by atoms with E-state index >= 15 is 0 Å². The van der Waals surface area contributed by atoms with Crippen LogP contribution in [0.4, 0.5) is 0 Å². The Morgan fingerprint density at radius 3 is 2.27 bits per heavy atom. The first-order valence-corrected chi connectivity index (χ1v) is 11.8. The first-order chi connectivity index (χ1) is 14.5. The van der Waals surface area contributed by atoms with E-state index in [0.29, 0.717) is 27.9 Å². The fourth-order valence-corrected chi connectivity index (χ4v) is 4.88. The standard InChI is InChI=1S/C23H21N3O3S/c24-14-16-6-12-19(13-7-16)29-23-21(17-8-9-17)25-26(22(23)18-10-11-18)15-30(27,28)20-4-2-1-3-5-20/h1-7,12-13,17-18H,8-11,15H2. The number of hydrogen-bond acceptors (Lipinski definition) is 5. The number of nitriles is 1. The van der Waals surface area contributed by atoms with Crippen LogP contribution in [0.5, 0.6) is 11.5 Å². The first kappa shape index (κ1) is 18.9. The maximum atomic E-state index is 13.0. The highest BCUT2D eigenvalue weighted by molar-refractivity contribution is 7.90. The van der Waals surface area contributed by atoms with Gasteiger partial charge in [-0.2, -0.15) is 10.4 Å². The van der Waals surface area contributed by atoms with E-state index in [4.69, 9.17) is 15.1 Å². The van der Waals surface area contributed by atoms with Gasteiger partial charge >= 0.3 is 0 Å². The van der Waals surface area contributed by atoms with Crippen LogP contribution < -0.4 is 4.74 Å². The highest BCUT2D eigenvalue weighted by atomic mass is 32.2. The fourth-order valence-electron chi connectivity index (χ4n) is 3.64. The van der Waals surface area contributed by atoms with Crippen molar-refractivity contribution in [3.63, 3.8) is 0 Å². The van der Waals surface area contributed by atoms with Crippen LogP contribution in [-0.2, 0) is 15.7 Å². The third-order valence-electron chi connectivity index (χ3n) is 5.50. The molecule has 3 aromatic rings. The zero-order valence-corrected chi connectivity index (χ0v) is 17.2. The maximum Gasteiger partial charge on any atom is 0.198 e. The molecular weight excluding hydrogens is 398 g/mol. The average Bonchev–Trinajstić information content (AvgIpc) is 3.68. The van der Waals surface area contributed by atoms with Gasteiger partial charge < -0.3 is 4.74 Å². The fraction of sp³-hybridized carbons (Fsp3) is 0.304. The van der Waals surface area contributed by atoms with Crippen molar-refractivity contribution in [2.45, 2.75) is 48.3 Å². The van der Waals surface area contributed by atoms with Gasteiger partial charge in [0.15, 0.2) is 15.6 Å². The van der Waals surface area contributed by atoms with Gasteiger partial charge in [0.25, 0.3) is 0 Å². The topological polar surface area (TPSA) is 85.0 Å². The summed E-state index contributed by atoms with van der Waals surface area (Å²) >= 11 is 0. The van der Waals surface area contributed by atoms with E-state index in [2.05, 4.69) is 6.07 Å². The summed E-state index contributed by atoms with van der Waals surface area (Å²) in [4.78, 5) is 0.296. The Kier molecular flexibility index (Phi) is 4.59. The van der Waals surface area contributed by atoms with E-state index in [1.807, 2.05) is 0 Å². The summed E-state index contributed by atoms with van der Waals surface area (Å²) in [5.41, 5.74) is 2.29. The Labute approximate surface area is 175 Å². The number of aromatic nitrogens is 2. The van der Waals surface area contributed by atoms with Gasteiger partial charge in [0.05, 0.1) is 22.2 Å². The molecule has 0 radical (unpaired) electrons. The summed E-state index contributed by atoms with van der Waals surface area (Å²) in [7, 11) is -3.52. The number of hydrogen-bond donors (Lipinski definition) is 0. The van der Waals surface area contributed by atoms with Gasteiger partial charge in [-0.1, -0.05) is 18.2 Å². The van der Waals surface area contributed by atoms with Crippen LogP contribution in [-0.4, -0.2) is 18.2 Å². The number of sulfone groups is 1. The van der Waals surface area contributed by atoms with Crippen LogP contribution in [0.15, 0.2) is 59.5 Å². The van der Waals surface area contributed by atoms with Gasteiger partial charge in [0.1, 0.15) is 17.3 Å². The Morgan fingerprint density at radius 2 is 1.67 bits per heavy atom. The summed E-state index contributed by atoms with van der Waals surface area (Å²) in [5, 5.41) is 13.7. The molecule has 0 spiro atoms. The van der Waals surface area contributed by atoms with Crippen molar-refractivity contribution in [1.82, 2.24) is 9.78 Å². The lowest BCUT2D eigenvalue weighted by atomic mass is 10.2. The van der Waals surface area contributed by atoms with Crippen molar-refractivity contribution in [3.8, 4) is 17.6 Å². The van der Waals surface area contributed by atoms with Crippen LogP contribution in [0.3, 0.4) is 0 Å². The normalized spacial score (nSPS) is 16.2. The molecule has 1 heterocycles. The summed E-state index contributed by atoms with van der Waals surface area (Å²) in [6.45, 7) is 0. The average molecular weight is 420 g/mol. The van der Waals surface area contributed by atoms with Crippen LogP contribution in [0.25, 0.3) is 0 Å². The zero-order chi connectivity index (χ0) is 20.7. The highest BCUT2D eigenvalue weighted by Gasteiger charge is 2.39. The molecule has 2 aliphatic rings. The molecular formula is C23H21N3O3S. The lowest BCUT2D eigenvalue weighted by molar-refractivity contribution is 0.468. The largest absolute Gasteiger partial charge is 0.453 e. The van der Waals surface area contributed by atoms with Gasteiger partial charge in [0.2, 0.25) is 0 Å². The lowest BCUT2D eigenvalue weighted by Gasteiger charge is -2.11. The molecule has 152 valence electrons. The van der Waals surface area contributed by atoms with E-state index in [9.17, 15) is 8.42 Å². The molecule has 0 unspecified atom stereocenters. The number of rotatable bonds is 7. The molecule has 0 N–H and O–H groups in total. The predicted molar refractivity (Wildman–Crippen MR) is 111 cm³/mol. The van der Waals surface area contributed by atoms with Crippen LogP contribution in [0.2, 0.25) is 0 Å². The third-order valence-corrected chi connectivity index (χ3v) is 7.07. The van der Waals surface area contributed by atoms with Gasteiger partial charge in [-0.15, -0.1) is 0 Å². The van der Waals surface area contributed by atoms with Gasteiger partial charge in [-0.25, -0.2) is 13.1 Å². The van der Waals surface area contributed by atoms with Gasteiger partial charge in [0, 0.05) is 11.8 Å². The van der Waals surface area contributed by atoms with Gasteiger partial charge in [-0.3, -0.25) is 0 Å². The Bertz CT molecular complexity index is 1220. The first-order valence-electron chi connectivity index (χ1n) is 10.1. The van der Waals surface area contributed by atoms with Crippen molar-refractivity contribution in [2.75, 3.05) is 0 Å². The molecule has 0 bridgehead atoms. The van der Waals surface area contributed by atoms with E-state index in [0.717, 1.165) is 37.1 Å². The molecule has 0 aliphatic heterocycles. The van der Waals surface area contributed by atoms with Crippen molar-refractivity contribution >= 4 is 9.84 Å². The molecule has 0 saturated heterocycles. The summed E-state index contributed by atoms with van der Waals surface area (Å²) in [6, 6.07) is 17.6. The Balaban J connectivity index is 1.54. The number of benzene rings is 2. The van der Waals surface area contributed by atoms with Crippen LogP contribution >= 0.6 is 0 Å². The molecule has 30 heavy (non-hydrogen) atoms. The predicted octanol–water partition coefficient (Wildman–Crippen LogP) is 4.73. The minimum absolute atomic E-state index is 0.195. The molecule has 2 aliphatic carbocycles. The van der Waals surface area contributed by atoms with Crippen LogP contribution in [0, 0.1) is 11.3 Å². The van der Waals surface area contributed by atoms with Crippen molar-refractivity contribution < 1.29 is 13.2 Å². The minimum atomic E-state index is -3.52. The molecule has 2 aromatic carbocycles. The van der Waals surface area contributed by atoms with Crippen molar-refractivity contribution in [1.29, 1.82) is 5.26 Å².